The van der Waals surface area contributed by atoms with Crippen LogP contribution in [-0.2, 0) is 4.74 Å². The summed E-state index contributed by atoms with van der Waals surface area (Å²) in [5.74, 6) is 0.0723. The first-order valence-electron chi connectivity index (χ1n) is 6.48. The number of fused-ring (bicyclic) bond motifs is 1. The van der Waals surface area contributed by atoms with Crippen molar-refractivity contribution in [2.75, 3.05) is 7.11 Å². The molecular weight excluding hydrogens is 268 g/mol. The van der Waals surface area contributed by atoms with E-state index in [1.807, 2.05) is 23.5 Å². The van der Waals surface area contributed by atoms with Crippen LogP contribution in [0.4, 0.5) is 0 Å². The van der Waals surface area contributed by atoms with E-state index in [1.165, 1.54) is 7.11 Å². The van der Waals surface area contributed by atoms with Crippen molar-refractivity contribution in [1.82, 2.24) is 9.38 Å². The Kier molecular flexibility index (Phi) is 3.10. The van der Waals surface area contributed by atoms with Gasteiger partial charge in [-0.15, -0.1) is 0 Å². The lowest BCUT2D eigenvalue weighted by atomic mass is 10.1. The summed E-state index contributed by atoms with van der Waals surface area (Å²) in [6.07, 6.45) is 3.54. The summed E-state index contributed by atoms with van der Waals surface area (Å²) in [5.41, 5.74) is 4.06. The summed E-state index contributed by atoms with van der Waals surface area (Å²) in [6.45, 7) is 2.00. The number of benzene rings is 1. The largest absolute Gasteiger partial charge is 0.593 e. The molecule has 2 N–H and O–H groups in total. The van der Waals surface area contributed by atoms with Crippen molar-refractivity contribution in [3.05, 3.63) is 53.9 Å². The summed E-state index contributed by atoms with van der Waals surface area (Å²) >= 11 is 0. The highest BCUT2D eigenvalue weighted by Crippen LogP contribution is 2.28. The normalized spacial score (nSPS) is 10.8. The maximum Gasteiger partial charge on any atom is 0.338 e. The molecule has 0 unspecified atom stereocenters. The number of pyridine rings is 1. The summed E-state index contributed by atoms with van der Waals surface area (Å²) in [6, 6.07) is 8.88. The molecule has 0 aliphatic heterocycles. The fourth-order valence-corrected chi connectivity index (χ4v) is 2.32. The molecule has 3 aromatic rings. The van der Waals surface area contributed by atoms with Crippen LogP contribution in [0.5, 0.6) is 5.75 Å². The van der Waals surface area contributed by atoms with Gasteiger partial charge in [0.25, 0.3) is 5.75 Å². The van der Waals surface area contributed by atoms with Crippen LogP contribution in [0.15, 0.2) is 42.7 Å². The van der Waals surface area contributed by atoms with Crippen LogP contribution in [-0.4, -0.2) is 27.6 Å². The first kappa shape index (κ1) is 13.2. The number of aromatic nitrogens is 2. The molecule has 106 valence electrons. The highest BCUT2D eigenvalue weighted by atomic mass is 16.5. The number of ether oxygens (including phenoxy) is 1. The number of esters is 1. The minimum atomic E-state index is -0.383. The Balaban J connectivity index is 2.17. The number of rotatable bonds is 2. The molecule has 0 fully saturated rings. The number of nitrogens with zero attached hydrogens (tertiary/aromatic N) is 2. The van der Waals surface area contributed by atoms with Crippen molar-refractivity contribution in [2.45, 2.75) is 6.92 Å². The average molecular weight is 283 g/mol. The van der Waals surface area contributed by atoms with Gasteiger partial charge in [-0.05, 0) is 30.7 Å². The van der Waals surface area contributed by atoms with Gasteiger partial charge in [-0.25, -0.2) is 9.78 Å². The molecule has 21 heavy (non-hydrogen) atoms. The van der Waals surface area contributed by atoms with Gasteiger partial charge >= 0.3 is 5.97 Å². The van der Waals surface area contributed by atoms with Crippen molar-refractivity contribution < 1.29 is 14.6 Å². The molecule has 0 spiro atoms. The Morgan fingerprint density at radius 3 is 2.86 bits per heavy atom. The Bertz CT molecular complexity index is 837. The topological polar surface area (TPSA) is 66.5 Å². The smallest absolute Gasteiger partial charge is 0.338 e. The third-order valence-electron chi connectivity index (χ3n) is 3.45. The van der Waals surface area contributed by atoms with Gasteiger partial charge < -0.3 is 9.84 Å². The summed E-state index contributed by atoms with van der Waals surface area (Å²) in [7, 11) is 1.35. The second-order valence-electron chi connectivity index (χ2n) is 4.81. The Hall–Kier alpha value is -2.82. The molecule has 5 nitrogen and oxygen atoms in total. The van der Waals surface area contributed by atoms with Crippen molar-refractivity contribution in [3.8, 4) is 17.0 Å². The van der Waals surface area contributed by atoms with Gasteiger partial charge in [-0.1, -0.05) is 0 Å². The van der Waals surface area contributed by atoms with Crippen LogP contribution in [0, 0.1) is 6.92 Å². The molecule has 2 aromatic heterocycles. The minimum Gasteiger partial charge on any atom is -0.593 e. The summed E-state index contributed by atoms with van der Waals surface area (Å²) in [5, 5.41) is 7.77. The van der Waals surface area contributed by atoms with Gasteiger partial charge in [0.15, 0.2) is 0 Å². The molecule has 0 aliphatic carbocycles. The number of imidazole rings is 1. The van der Waals surface area contributed by atoms with Gasteiger partial charge in [-0.2, -0.15) is 0 Å². The van der Waals surface area contributed by atoms with Gasteiger partial charge in [0.1, 0.15) is 5.65 Å². The molecule has 0 radical (unpaired) electrons. The molecule has 2 heterocycles. The van der Waals surface area contributed by atoms with E-state index in [0.717, 1.165) is 16.8 Å². The van der Waals surface area contributed by atoms with E-state index in [1.54, 1.807) is 30.6 Å². The van der Waals surface area contributed by atoms with Crippen molar-refractivity contribution in [1.29, 1.82) is 0 Å². The molecule has 0 aliphatic rings. The molecule has 0 amide bonds. The predicted molar refractivity (Wildman–Crippen MR) is 79.8 cm³/mol. The zero-order chi connectivity index (χ0) is 15.0. The van der Waals surface area contributed by atoms with E-state index in [9.17, 15) is 4.79 Å². The number of carbonyl (C=O) groups is 1. The number of carbonyl (C=O) groups excluding carboxylic acids is 1. The number of aryl methyl sites for hydroxylation is 1. The fraction of sp³-hybridized carbons (Fsp3) is 0.125. The highest BCUT2D eigenvalue weighted by molar-refractivity contribution is 5.90. The van der Waals surface area contributed by atoms with Crippen molar-refractivity contribution in [3.63, 3.8) is 0 Å². The zero-order valence-corrected chi connectivity index (χ0v) is 11.8. The van der Waals surface area contributed by atoms with Crippen LogP contribution < -0.4 is 0 Å². The SMILES string of the molecule is COC(=O)c1ccn2c(-c3cc([OH2+])ccc3C)cnc2c1. The fourth-order valence-electron chi connectivity index (χ4n) is 2.32. The Morgan fingerprint density at radius 1 is 1.29 bits per heavy atom. The minimum absolute atomic E-state index is 0.383. The van der Waals surface area contributed by atoms with E-state index < -0.39 is 0 Å². The third kappa shape index (κ3) is 2.23. The maximum atomic E-state index is 11.5. The standard InChI is InChI=1S/C16H14N2O3/c1-10-3-4-12(19)8-13(10)14-9-17-15-7-11(16(20)21-2)5-6-18(14)15/h3-9,19H,1-2H3/p+1. The molecule has 0 saturated carbocycles. The van der Waals surface area contributed by atoms with Crippen molar-refractivity contribution >= 4 is 11.6 Å². The van der Waals surface area contributed by atoms with Crippen LogP contribution in [0.2, 0.25) is 0 Å². The van der Waals surface area contributed by atoms with E-state index >= 15 is 0 Å². The Morgan fingerprint density at radius 2 is 2.10 bits per heavy atom. The number of hydrogen-bond acceptors (Lipinski definition) is 3. The summed E-state index contributed by atoms with van der Waals surface area (Å²) < 4.78 is 6.61. The van der Waals surface area contributed by atoms with E-state index in [-0.39, 0.29) is 5.97 Å². The summed E-state index contributed by atoms with van der Waals surface area (Å²) in [4.78, 5) is 15.9. The second-order valence-corrected chi connectivity index (χ2v) is 4.81. The second kappa shape index (κ2) is 4.94. The average Bonchev–Trinajstić information content (AvgIpc) is 2.91. The van der Waals surface area contributed by atoms with E-state index in [4.69, 9.17) is 9.84 Å². The zero-order valence-electron chi connectivity index (χ0n) is 11.8. The number of methoxy groups -OCH3 is 1. The maximum absolute atomic E-state index is 11.5. The van der Waals surface area contributed by atoms with Crippen LogP contribution in [0.3, 0.4) is 0 Å². The third-order valence-corrected chi connectivity index (χ3v) is 3.45. The first-order valence-corrected chi connectivity index (χ1v) is 6.48. The van der Waals surface area contributed by atoms with Gasteiger partial charge in [0.2, 0.25) is 0 Å². The first-order chi connectivity index (χ1) is 10.1. The molecule has 3 rings (SSSR count). The molecule has 1 aromatic carbocycles. The van der Waals surface area contributed by atoms with Crippen LogP contribution in [0.25, 0.3) is 16.9 Å². The van der Waals surface area contributed by atoms with Crippen LogP contribution in [0.1, 0.15) is 15.9 Å². The van der Waals surface area contributed by atoms with Gasteiger partial charge in [0.05, 0.1) is 24.6 Å². The monoisotopic (exact) mass is 283 g/mol. The van der Waals surface area contributed by atoms with Crippen molar-refractivity contribution in [2.24, 2.45) is 0 Å². The molecule has 0 atom stereocenters. The van der Waals surface area contributed by atoms with Gasteiger partial charge in [0, 0.05) is 23.9 Å². The lowest BCUT2D eigenvalue weighted by molar-refractivity contribution is 0.0600. The molecular formula is C16H15N2O3+. The molecule has 0 bridgehead atoms. The molecule has 5 heteroatoms. The number of hydrogen-bond donors (Lipinski definition) is 0. The lowest BCUT2D eigenvalue weighted by Gasteiger charge is -2.06. The Labute approximate surface area is 121 Å². The van der Waals surface area contributed by atoms with E-state index in [2.05, 4.69) is 4.98 Å². The molecule has 0 saturated heterocycles. The lowest BCUT2D eigenvalue weighted by Crippen LogP contribution is -2.02. The predicted octanol–water partition coefficient (Wildman–Crippen LogP) is 2.53. The van der Waals surface area contributed by atoms with Crippen LogP contribution >= 0.6 is 0 Å². The highest BCUT2D eigenvalue weighted by Gasteiger charge is 2.13. The van der Waals surface area contributed by atoms with Gasteiger partial charge in [-0.3, -0.25) is 4.40 Å². The van der Waals surface area contributed by atoms with E-state index in [0.29, 0.717) is 17.0 Å². The quantitative estimate of drug-likeness (QED) is 0.536.